The Morgan fingerprint density at radius 3 is 2.83 bits per heavy atom. The Hall–Kier alpha value is -0.630. The Kier molecular flexibility index (Phi) is 4.60. The highest BCUT2D eigenvalue weighted by Gasteiger charge is 2.08. The summed E-state index contributed by atoms with van der Waals surface area (Å²) >= 11 is 12.0. The third-order valence-corrected chi connectivity index (χ3v) is 4.05. The maximum absolute atomic E-state index is 5.21. The minimum Gasteiger partial charge on any atom is -0.378 e. The number of hydrogen-bond acceptors (Lipinski definition) is 4. The van der Waals surface area contributed by atoms with Gasteiger partial charge in [0.25, 0.3) is 0 Å². The maximum Gasteiger partial charge on any atom is 0.144 e. The molecular formula is C11H9Br2N3OS. The summed E-state index contributed by atoms with van der Waals surface area (Å²) in [5.74, 6) is 0.670. The van der Waals surface area contributed by atoms with E-state index in [0.717, 1.165) is 20.2 Å². The van der Waals surface area contributed by atoms with E-state index in [4.69, 9.17) is 17.0 Å². The van der Waals surface area contributed by atoms with Crippen molar-refractivity contribution in [1.29, 1.82) is 0 Å². The van der Waals surface area contributed by atoms with Crippen molar-refractivity contribution in [1.82, 2.24) is 15.0 Å². The first-order valence-electron chi connectivity index (χ1n) is 5.00. The van der Waals surface area contributed by atoms with E-state index in [0.29, 0.717) is 17.1 Å². The summed E-state index contributed by atoms with van der Waals surface area (Å²) in [6, 6.07) is 1.92. The SMILES string of the molecule is COCc1[nH]c(-c2cncc(Br)c2)nc(=S)c1Br. The first-order chi connectivity index (χ1) is 8.61. The van der Waals surface area contributed by atoms with Crippen LogP contribution in [0.1, 0.15) is 5.69 Å². The predicted molar refractivity (Wildman–Crippen MR) is 78.8 cm³/mol. The van der Waals surface area contributed by atoms with E-state index in [1.165, 1.54) is 0 Å². The zero-order chi connectivity index (χ0) is 13.1. The van der Waals surface area contributed by atoms with Crippen LogP contribution in [0.2, 0.25) is 0 Å². The molecule has 0 aliphatic heterocycles. The van der Waals surface area contributed by atoms with Crippen molar-refractivity contribution in [2.75, 3.05) is 7.11 Å². The van der Waals surface area contributed by atoms with Gasteiger partial charge in [0.1, 0.15) is 10.5 Å². The molecular weight excluding hydrogens is 382 g/mol. The quantitative estimate of drug-likeness (QED) is 0.808. The molecule has 0 atom stereocenters. The lowest BCUT2D eigenvalue weighted by Gasteiger charge is -2.07. The maximum atomic E-state index is 5.21. The van der Waals surface area contributed by atoms with Crippen LogP contribution in [0.15, 0.2) is 27.4 Å². The van der Waals surface area contributed by atoms with Crippen LogP contribution in [0.25, 0.3) is 11.4 Å². The lowest BCUT2D eigenvalue weighted by Crippen LogP contribution is -2.00. The van der Waals surface area contributed by atoms with E-state index in [1.54, 1.807) is 19.5 Å². The molecule has 0 unspecified atom stereocenters. The third-order valence-electron chi connectivity index (χ3n) is 2.20. The molecule has 0 fully saturated rings. The Morgan fingerprint density at radius 1 is 1.39 bits per heavy atom. The molecule has 0 aliphatic rings. The molecule has 2 rings (SSSR count). The average Bonchev–Trinajstić information content (AvgIpc) is 2.35. The highest BCUT2D eigenvalue weighted by Crippen LogP contribution is 2.23. The summed E-state index contributed by atoms with van der Waals surface area (Å²) in [5.41, 5.74) is 1.72. The van der Waals surface area contributed by atoms with Crippen molar-refractivity contribution in [3.63, 3.8) is 0 Å². The lowest BCUT2D eigenvalue weighted by molar-refractivity contribution is 0.181. The van der Waals surface area contributed by atoms with Gasteiger partial charge in [-0.05, 0) is 37.9 Å². The van der Waals surface area contributed by atoms with Crippen molar-refractivity contribution >= 4 is 44.1 Å². The first-order valence-corrected chi connectivity index (χ1v) is 7.00. The Morgan fingerprint density at radius 2 is 2.17 bits per heavy atom. The zero-order valence-corrected chi connectivity index (χ0v) is 13.4. The molecule has 18 heavy (non-hydrogen) atoms. The average molecular weight is 391 g/mol. The Bertz CT molecular complexity index is 630. The molecule has 0 saturated heterocycles. The monoisotopic (exact) mass is 389 g/mol. The normalized spacial score (nSPS) is 10.6. The molecule has 0 amide bonds. The van der Waals surface area contributed by atoms with Gasteiger partial charge in [-0.1, -0.05) is 12.2 Å². The van der Waals surface area contributed by atoms with Gasteiger partial charge in [0.05, 0.1) is 16.8 Å². The Balaban J connectivity index is 2.55. The fourth-order valence-corrected chi connectivity index (χ4v) is 2.31. The number of methoxy groups -OCH3 is 1. The standard InChI is InChI=1S/C11H9Br2N3OS/c1-17-5-8-9(13)11(18)16-10(15-8)6-2-7(12)4-14-3-6/h2-4H,5H2,1H3,(H,15,16,18). The van der Waals surface area contributed by atoms with Crippen molar-refractivity contribution in [2.24, 2.45) is 0 Å². The fourth-order valence-electron chi connectivity index (χ4n) is 1.43. The molecule has 1 N–H and O–H groups in total. The van der Waals surface area contributed by atoms with Crippen LogP contribution in [0.5, 0.6) is 0 Å². The minimum atomic E-state index is 0.432. The van der Waals surface area contributed by atoms with Crippen LogP contribution in [0, 0.1) is 4.64 Å². The van der Waals surface area contributed by atoms with Crippen molar-refractivity contribution in [3.05, 3.63) is 37.7 Å². The summed E-state index contributed by atoms with van der Waals surface area (Å²) in [6.07, 6.45) is 3.44. The minimum absolute atomic E-state index is 0.432. The van der Waals surface area contributed by atoms with Gasteiger partial charge in [-0.3, -0.25) is 4.98 Å². The first kappa shape index (κ1) is 13.8. The van der Waals surface area contributed by atoms with E-state index in [1.807, 2.05) is 6.07 Å². The molecule has 94 valence electrons. The van der Waals surface area contributed by atoms with Crippen LogP contribution in [0.4, 0.5) is 0 Å². The van der Waals surface area contributed by atoms with Crippen molar-refractivity contribution < 1.29 is 4.74 Å². The van der Waals surface area contributed by atoms with Gasteiger partial charge in [-0.2, -0.15) is 0 Å². The number of hydrogen-bond donors (Lipinski definition) is 1. The smallest absolute Gasteiger partial charge is 0.144 e. The number of halogens is 2. The predicted octanol–water partition coefficient (Wildman–Crippen LogP) is 3.87. The number of aromatic nitrogens is 3. The van der Waals surface area contributed by atoms with Crippen LogP contribution >= 0.6 is 44.1 Å². The van der Waals surface area contributed by atoms with Gasteiger partial charge < -0.3 is 9.72 Å². The molecule has 0 spiro atoms. The van der Waals surface area contributed by atoms with Gasteiger partial charge in [-0.25, -0.2) is 4.98 Å². The zero-order valence-electron chi connectivity index (χ0n) is 9.41. The lowest BCUT2D eigenvalue weighted by atomic mass is 10.2. The number of aromatic amines is 1. The number of nitrogens with one attached hydrogen (secondary N) is 1. The van der Waals surface area contributed by atoms with E-state index in [-0.39, 0.29) is 0 Å². The van der Waals surface area contributed by atoms with Crippen LogP contribution in [-0.4, -0.2) is 22.1 Å². The summed E-state index contributed by atoms with van der Waals surface area (Å²) in [4.78, 5) is 11.6. The molecule has 2 aromatic rings. The van der Waals surface area contributed by atoms with Gasteiger partial charge >= 0.3 is 0 Å². The number of H-pyrrole nitrogens is 1. The molecule has 0 radical (unpaired) electrons. The molecule has 4 nitrogen and oxygen atoms in total. The fraction of sp³-hybridized carbons (Fsp3) is 0.182. The third kappa shape index (κ3) is 3.03. The number of ether oxygens (including phenoxy) is 1. The Labute approximate surface area is 126 Å². The molecule has 7 heteroatoms. The second-order valence-corrected chi connectivity index (χ2v) is 5.60. The van der Waals surface area contributed by atoms with E-state index in [9.17, 15) is 0 Å². The van der Waals surface area contributed by atoms with E-state index in [2.05, 4.69) is 46.8 Å². The van der Waals surface area contributed by atoms with E-state index < -0.39 is 0 Å². The van der Waals surface area contributed by atoms with Crippen LogP contribution in [-0.2, 0) is 11.3 Å². The highest BCUT2D eigenvalue weighted by molar-refractivity contribution is 9.10. The number of rotatable bonds is 3. The van der Waals surface area contributed by atoms with Gasteiger partial charge in [0.2, 0.25) is 0 Å². The topological polar surface area (TPSA) is 50.8 Å². The molecule has 0 aromatic carbocycles. The van der Waals surface area contributed by atoms with Gasteiger partial charge in [0, 0.05) is 29.5 Å². The molecule has 0 saturated carbocycles. The molecule has 2 aromatic heterocycles. The summed E-state index contributed by atoms with van der Waals surface area (Å²) in [5, 5.41) is 0. The number of pyridine rings is 1. The highest BCUT2D eigenvalue weighted by atomic mass is 79.9. The summed E-state index contributed by atoms with van der Waals surface area (Å²) in [7, 11) is 1.63. The summed E-state index contributed by atoms with van der Waals surface area (Å²) < 4.78 is 7.26. The van der Waals surface area contributed by atoms with E-state index >= 15 is 0 Å². The molecule has 0 bridgehead atoms. The second-order valence-electron chi connectivity index (χ2n) is 3.51. The van der Waals surface area contributed by atoms with Crippen LogP contribution < -0.4 is 0 Å². The molecule has 2 heterocycles. The van der Waals surface area contributed by atoms with Gasteiger partial charge in [0.15, 0.2) is 0 Å². The summed E-state index contributed by atoms with van der Waals surface area (Å²) in [6.45, 7) is 0.432. The van der Waals surface area contributed by atoms with Crippen molar-refractivity contribution in [3.8, 4) is 11.4 Å². The van der Waals surface area contributed by atoms with Crippen LogP contribution in [0.3, 0.4) is 0 Å². The van der Waals surface area contributed by atoms with Crippen molar-refractivity contribution in [2.45, 2.75) is 6.61 Å². The largest absolute Gasteiger partial charge is 0.378 e. The molecule has 0 aliphatic carbocycles. The van der Waals surface area contributed by atoms with Gasteiger partial charge in [-0.15, -0.1) is 0 Å². The second kappa shape index (κ2) is 6.01. The number of nitrogens with zero attached hydrogens (tertiary/aromatic N) is 2.